The Hall–Kier alpha value is -3.12. The van der Waals surface area contributed by atoms with Gasteiger partial charge >= 0.3 is 0 Å². The summed E-state index contributed by atoms with van der Waals surface area (Å²) in [4.78, 5) is 31.7. The number of benzene rings is 2. The number of anilines is 1. The molecule has 2 aromatic rings. The first kappa shape index (κ1) is 22.1. The maximum Gasteiger partial charge on any atom is 0.270 e. The van der Waals surface area contributed by atoms with Crippen molar-refractivity contribution in [3.05, 3.63) is 66.2 Å². The van der Waals surface area contributed by atoms with Crippen LogP contribution in [-0.4, -0.2) is 66.5 Å². The molecule has 6 nitrogen and oxygen atoms in total. The molecule has 0 radical (unpaired) electrons. The van der Waals surface area contributed by atoms with Crippen molar-refractivity contribution in [1.29, 1.82) is 0 Å². The Balaban J connectivity index is 1.27. The summed E-state index contributed by atoms with van der Waals surface area (Å²) in [5.74, 6) is 0.666. The van der Waals surface area contributed by atoms with E-state index in [2.05, 4.69) is 29.2 Å². The van der Waals surface area contributed by atoms with Crippen LogP contribution in [0.25, 0.3) is 6.08 Å². The van der Waals surface area contributed by atoms with Crippen LogP contribution < -0.4 is 9.64 Å². The molecule has 2 heterocycles. The van der Waals surface area contributed by atoms with Crippen LogP contribution in [0, 0.1) is 0 Å². The maximum atomic E-state index is 12.9. The molecule has 0 unspecified atom stereocenters. The van der Waals surface area contributed by atoms with Gasteiger partial charge in [0.25, 0.3) is 5.91 Å². The fraction of sp³-hybridized carbons (Fsp3) is 0.385. The Bertz CT molecular complexity index is 979. The molecule has 2 aliphatic rings. The lowest BCUT2D eigenvalue weighted by molar-refractivity contribution is -0.134. The van der Waals surface area contributed by atoms with Crippen molar-refractivity contribution < 1.29 is 14.3 Å². The molecule has 1 fully saturated rings. The number of amides is 2. The first-order chi connectivity index (χ1) is 15.4. The Kier molecular flexibility index (Phi) is 6.61. The summed E-state index contributed by atoms with van der Waals surface area (Å²) in [6, 6.07) is 17.8. The molecule has 0 N–H and O–H groups in total. The van der Waals surface area contributed by atoms with Crippen molar-refractivity contribution in [2.45, 2.75) is 25.9 Å². The maximum absolute atomic E-state index is 12.9. The monoisotopic (exact) mass is 433 g/mol. The zero-order chi connectivity index (χ0) is 22.6. The number of ether oxygens (including phenoxy) is 1. The number of carbonyl (C=O) groups is 2. The number of rotatable bonds is 6. The Morgan fingerprint density at radius 3 is 2.44 bits per heavy atom. The van der Waals surface area contributed by atoms with Gasteiger partial charge < -0.3 is 14.5 Å². The minimum Gasteiger partial charge on any atom is -0.476 e. The number of para-hydroxylation sites is 2. The van der Waals surface area contributed by atoms with Gasteiger partial charge in [-0.05, 0) is 31.5 Å². The van der Waals surface area contributed by atoms with Crippen LogP contribution in [0.2, 0.25) is 0 Å². The van der Waals surface area contributed by atoms with Gasteiger partial charge in [-0.3, -0.25) is 14.5 Å². The standard InChI is InChI=1S/C26H31N3O3/c1-26(2)25(31)29(22-12-6-7-13-23(22)32-26)16-14-24(30)28-19-17-27(18-20-28)15-8-11-21-9-4-3-5-10-21/h3-13H,14-20H2,1-2H3/b11-8+. The number of hydrogen-bond donors (Lipinski definition) is 0. The van der Waals surface area contributed by atoms with Crippen molar-refractivity contribution in [3.63, 3.8) is 0 Å². The van der Waals surface area contributed by atoms with Crippen LogP contribution in [0.4, 0.5) is 5.69 Å². The summed E-state index contributed by atoms with van der Waals surface area (Å²) < 4.78 is 5.86. The molecule has 0 atom stereocenters. The fourth-order valence-corrected chi connectivity index (χ4v) is 4.19. The summed E-state index contributed by atoms with van der Waals surface area (Å²) in [5.41, 5.74) is 0.999. The number of piperazine rings is 1. The van der Waals surface area contributed by atoms with Gasteiger partial charge in [-0.1, -0.05) is 54.6 Å². The van der Waals surface area contributed by atoms with Gasteiger partial charge in [-0.15, -0.1) is 0 Å². The second-order valence-electron chi connectivity index (χ2n) is 8.78. The molecule has 0 aromatic heterocycles. The summed E-state index contributed by atoms with van der Waals surface area (Å²) in [5, 5.41) is 0. The van der Waals surface area contributed by atoms with Crippen LogP contribution in [-0.2, 0) is 9.59 Å². The molecule has 1 saturated heterocycles. The van der Waals surface area contributed by atoms with E-state index in [-0.39, 0.29) is 11.8 Å². The highest BCUT2D eigenvalue weighted by Gasteiger charge is 2.40. The highest BCUT2D eigenvalue weighted by molar-refractivity contribution is 6.02. The highest BCUT2D eigenvalue weighted by atomic mass is 16.5. The fourth-order valence-electron chi connectivity index (χ4n) is 4.19. The van der Waals surface area contributed by atoms with Crippen molar-refractivity contribution in [2.75, 3.05) is 44.2 Å². The molecule has 2 aliphatic heterocycles. The Morgan fingerprint density at radius 1 is 1.00 bits per heavy atom. The second-order valence-corrected chi connectivity index (χ2v) is 8.78. The highest BCUT2D eigenvalue weighted by Crippen LogP contribution is 2.37. The van der Waals surface area contributed by atoms with Crippen LogP contribution in [0.1, 0.15) is 25.8 Å². The predicted octanol–water partition coefficient (Wildman–Crippen LogP) is 3.44. The third kappa shape index (κ3) is 5.02. The molecule has 32 heavy (non-hydrogen) atoms. The molecule has 0 saturated carbocycles. The van der Waals surface area contributed by atoms with Gasteiger partial charge in [0.2, 0.25) is 5.91 Å². The Morgan fingerprint density at radius 2 is 1.69 bits per heavy atom. The zero-order valence-corrected chi connectivity index (χ0v) is 18.9. The van der Waals surface area contributed by atoms with Gasteiger partial charge in [-0.25, -0.2) is 0 Å². The number of hydrogen-bond acceptors (Lipinski definition) is 4. The van der Waals surface area contributed by atoms with Crippen molar-refractivity contribution >= 4 is 23.6 Å². The normalized spacial score (nSPS) is 18.5. The molecule has 0 spiro atoms. The van der Waals surface area contributed by atoms with Gasteiger partial charge in [0.1, 0.15) is 5.75 Å². The van der Waals surface area contributed by atoms with E-state index in [9.17, 15) is 9.59 Å². The molecular weight excluding hydrogens is 402 g/mol. The predicted molar refractivity (Wildman–Crippen MR) is 127 cm³/mol. The smallest absolute Gasteiger partial charge is 0.270 e. The quantitative estimate of drug-likeness (QED) is 0.700. The van der Waals surface area contributed by atoms with E-state index in [4.69, 9.17) is 4.74 Å². The molecule has 168 valence electrons. The number of carbonyl (C=O) groups excluding carboxylic acids is 2. The lowest BCUT2D eigenvalue weighted by atomic mass is 10.0. The summed E-state index contributed by atoms with van der Waals surface area (Å²) in [6.45, 7) is 7.94. The van der Waals surface area contributed by atoms with E-state index in [0.29, 0.717) is 18.7 Å². The van der Waals surface area contributed by atoms with Gasteiger partial charge in [-0.2, -0.15) is 0 Å². The molecular formula is C26H31N3O3. The lowest BCUT2D eigenvalue weighted by Gasteiger charge is -2.39. The van der Waals surface area contributed by atoms with Crippen LogP contribution in [0.5, 0.6) is 5.75 Å². The number of nitrogens with zero attached hydrogens (tertiary/aromatic N) is 3. The van der Waals surface area contributed by atoms with E-state index in [0.717, 1.165) is 38.4 Å². The molecule has 2 aromatic carbocycles. The molecule has 6 heteroatoms. The SMILES string of the molecule is CC1(C)Oc2ccccc2N(CCC(=O)N2CCN(C/C=C/c3ccccc3)CC2)C1=O. The van der Waals surface area contributed by atoms with Gasteiger partial charge in [0, 0.05) is 45.7 Å². The summed E-state index contributed by atoms with van der Waals surface area (Å²) >= 11 is 0. The van der Waals surface area contributed by atoms with E-state index in [1.165, 1.54) is 5.56 Å². The first-order valence-electron chi connectivity index (χ1n) is 11.3. The minimum absolute atomic E-state index is 0.0963. The van der Waals surface area contributed by atoms with Gasteiger partial charge in [0.05, 0.1) is 5.69 Å². The number of fused-ring (bicyclic) bond motifs is 1. The second kappa shape index (κ2) is 9.57. The van der Waals surface area contributed by atoms with E-state index in [1.54, 1.807) is 18.7 Å². The van der Waals surface area contributed by atoms with E-state index >= 15 is 0 Å². The molecule has 0 bridgehead atoms. The van der Waals surface area contributed by atoms with Crippen LogP contribution >= 0.6 is 0 Å². The topological polar surface area (TPSA) is 53.1 Å². The third-order valence-corrected chi connectivity index (χ3v) is 6.03. The Labute approximate surface area is 190 Å². The molecule has 2 amide bonds. The van der Waals surface area contributed by atoms with E-state index < -0.39 is 5.60 Å². The minimum atomic E-state index is -0.934. The van der Waals surface area contributed by atoms with Crippen molar-refractivity contribution in [2.24, 2.45) is 0 Å². The largest absolute Gasteiger partial charge is 0.476 e. The van der Waals surface area contributed by atoms with Crippen molar-refractivity contribution in [1.82, 2.24) is 9.80 Å². The summed E-state index contributed by atoms with van der Waals surface area (Å²) in [7, 11) is 0. The van der Waals surface area contributed by atoms with Crippen LogP contribution in [0.15, 0.2) is 60.7 Å². The van der Waals surface area contributed by atoms with Crippen LogP contribution in [0.3, 0.4) is 0 Å². The third-order valence-electron chi connectivity index (χ3n) is 6.03. The zero-order valence-electron chi connectivity index (χ0n) is 18.9. The molecule has 0 aliphatic carbocycles. The average Bonchev–Trinajstić information content (AvgIpc) is 2.80. The van der Waals surface area contributed by atoms with Crippen molar-refractivity contribution in [3.8, 4) is 5.75 Å². The summed E-state index contributed by atoms with van der Waals surface area (Å²) in [6.07, 6.45) is 4.62. The van der Waals surface area contributed by atoms with E-state index in [1.807, 2.05) is 47.4 Å². The van der Waals surface area contributed by atoms with Gasteiger partial charge in [0.15, 0.2) is 5.60 Å². The lowest BCUT2D eigenvalue weighted by Crippen LogP contribution is -2.54. The molecule has 4 rings (SSSR count). The first-order valence-corrected chi connectivity index (χ1v) is 11.3. The average molecular weight is 434 g/mol.